The molecular formula is C20H20N2O3. The van der Waals surface area contributed by atoms with Crippen molar-refractivity contribution in [3.05, 3.63) is 71.9 Å². The molecule has 25 heavy (non-hydrogen) atoms. The van der Waals surface area contributed by atoms with Gasteiger partial charge in [0.05, 0.1) is 0 Å². The summed E-state index contributed by atoms with van der Waals surface area (Å²) in [6, 6.07) is 14.0. The van der Waals surface area contributed by atoms with Crippen LogP contribution in [0.1, 0.15) is 11.1 Å². The monoisotopic (exact) mass is 336 g/mol. The summed E-state index contributed by atoms with van der Waals surface area (Å²) in [6.07, 6.45) is 6.04. The van der Waals surface area contributed by atoms with Crippen LogP contribution in [0.25, 0.3) is 17.0 Å². The van der Waals surface area contributed by atoms with Gasteiger partial charge in [-0.3, -0.25) is 4.79 Å². The summed E-state index contributed by atoms with van der Waals surface area (Å²) in [7, 11) is 0. The fraction of sp³-hybridized carbons (Fsp3) is 0.150. The first-order chi connectivity index (χ1) is 12.1. The number of hydrogen-bond acceptors (Lipinski definition) is 3. The lowest BCUT2D eigenvalue weighted by atomic mass is 10.1. The normalized spacial score (nSPS) is 12.6. The Labute approximate surface area is 145 Å². The molecule has 0 fully saturated rings. The molecule has 1 aromatic heterocycles. The highest BCUT2D eigenvalue weighted by atomic mass is 16.4. The number of benzene rings is 2. The minimum Gasteiger partial charge on any atom is -0.508 e. The third-order valence-corrected chi connectivity index (χ3v) is 4.08. The fourth-order valence-corrected chi connectivity index (χ4v) is 2.76. The number of para-hydroxylation sites is 1. The molecule has 0 spiro atoms. The Bertz CT molecular complexity index is 881. The number of hydrogen-bond donors (Lipinski definition) is 4. The van der Waals surface area contributed by atoms with E-state index in [1.807, 2.05) is 42.6 Å². The number of nitrogens with one attached hydrogen (secondary N) is 2. The molecule has 3 aromatic rings. The zero-order valence-corrected chi connectivity index (χ0v) is 13.6. The van der Waals surface area contributed by atoms with Gasteiger partial charge in [0.25, 0.3) is 0 Å². The molecule has 0 radical (unpaired) electrons. The summed E-state index contributed by atoms with van der Waals surface area (Å²) in [5, 5.41) is 22.8. The van der Waals surface area contributed by atoms with Gasteiger partial charge in [-0.2, -0.15) is 0 Å². The number of aromatic hydroxyl groups is 1. The highest BCUT2D eigenvalue weighted by molar-refractivity contribution is 5.84. The van der Waals surface area contributed by atoms with Gasteiger partial charge >= 0.3 is 5.97 Å². The number of carboxylic acids is 1. The van der Waals surface area contributed by atoms with Crippen LogP contribution in [0, 0.1) is 0 Å². The highest BCUT2D eigenvalue weighted by Gasteiger charge is 2.18. The number of aliphatic carboxylic acids is 1. The molecule has 0 aliphatic rings. The molecule has 0 aliphatic heterocycles. The average molecular weight is 336 g/mol. The first kappa shape index (κ1) is 16.8. The fourth-order valence-electron chi connectivity index (χ4n) is 2.76. The van der Waals surface area contributed by atoms with E-state index in [4.69, 9.17) is 0 Å². The minimum absolute atomic E-state index is 0.222. The van der Waals surface area contributed by atoms with E-state index < -0.39 is 12.0 Å². The van der Waals surface area contributed by atoms with Crippen molar-refractivity contribution in [1.29, 1.82) is 0 Å². The summed E-state index contributed by atoms with van der Waals surface area (Å²) < 4.78 is 0. The number of H-pyrrole nitrogens is 1. The van der Waals surface area contributed by atoms with Gasteiger partial charge in [0.2, 0.25) is 0 Å². The summed E-state index contributed by atoms with van der Waals surface area (Å²) in [5.74, 6) is -0.650. The summed E-state index contributed by atoms with van der Waals surface area (Å²) in [6.45, 7) is 0.445. The van der Waals surface area contributed by atoms with Crippen molar-refractivity contribution in [3.8, 4) is 5.75 Å². The second-order valence-electron chi connectivity index (χ2n) is 5.86. The first-order valence-electron chi connectivity index (χ1n) is 8.10. The summed E-state index contributed by atoms with van der Waals surface area (Å²) in [5.41, 5.74) is 2.94. The van der Waals surface area contributed by atoms with Crippen molar-refractivity contribution in [2.75, 3.05) is 6.54 Å². The van der Waals surface area contributed by atoms with Crippen LogP contribution in [0.4, 0.5) is 0 Å². The molecule has 5 heteroatoms. The van der Waals surface area contributed by atoms with Crippen molar-refractivity contribution in [2.45, 2.75) is 12.5 Å². The van der Waals surface area contributed by atoms with Gasteiger partial charge in [0.15, 0.2) is 0 Å². The van der Waals surface area contributed by atoms with Crippen LogP contribution in [0.3, 0.4) is 0 Å². The number of phenolic OH excluding ortho intramolecular Hbond substituents is 1. The van der Waals surface area contributed by atoms with E-state index in [1.54, 1.807) is 24.3 Å². The van der Waals surface area contributed by atoms with Crippen LogP contribution in [-0.2, 0) is 11.2 Å². The van der Waals surface area contributed by atoms with Crippen LogP contribution >= 0.6 is 0 Å². The molecule has 1 atom stereocenters. The topological polar surface area (TPSA) is 85.3 Å². The molecule has 0 saturated heterocycles. The number of carbonyl (C=O) groups is 1. The van der Waals surface area contributed by atoms with E-state index in [1.165, 1.54) is 0 Å². The molecule has 0 aliphatic carbocycles. The Morgan fingerprint density at radius 1 is 1.16 bits per heavy atom. The van der Waals surface area contributed by atoms with Gasteiger partial charge in [-0.15, -0.1) is 0 Å². The van der Waals surface area contributed by atoms with E-state index >= 15 is 0 Å². The predicted molar refractivity (Wildman–Crippen MR) is 98.6 cm³/mol. The van der Waals surface area contributed by atoms with Crippen LogP contribution in [-0.4, -0.2) is 33.8 Å². The Morgan fingerprint density at radius 2 is 1.92 bits per heavy atom. The molecular weight excluding hydrogens is 316 g/mol. The lowest BCUT2D eigenvalue weighted by Crippen LogP contribution is -2.38. The standard InChI is InChI=1S/C20H20N2O3/c23-16-9-7-14(8-10-16)4-3-11-21-19(20(24)25)12-15-13-22-18-6-2-1-5-17(15)18/h1-10,13,19,21-23H,11-12H2,(H,24,25)/t19-/m0/s1. The van der Waals surface area contributed by atoms with Crippen molar-refractivity contribution in [2.24, 2.45) is 0 Å². The van der Waals surface area contributed by atoms with E-state index in [0.29, 0.717) is 13.0 Å². The summed E-state index contributed by atoms with van der Waals surface area (Å²) in [4.78, 5) is 14.7. The Kier molecular flexibility index (Phi) is 5.16. The molecule has 0 bridgehead atoms. The lowest BCUT2D eigenvalue weighted by Gasteiger charge is -2.12. The summed E-state index contributed by atoms with van der Waals surface area (Å²) >= 11 is 0. The minimum atomic E-state index is -0.872. The number of aromatic nitrogens is 1. The van der Waals surface area contributed by atoms with Crippen molar-refractivity contribution in [3.63, 3.8) is 0 Å². The average Bonchev–Trinajstić information content (AvgIpc) is 3.02. The molecule has 128 valence electrons. The van der Waals surface area contributed by atoms with Gasteiger partial charge in [-0.1, -0.05) is 42.5 Å². The Morgan fingerprint density at radius 3 is 2.68 bits per heavy atom. The third-order valence-electron chi connectivity index (χ3n) is 4.08. The number of phenols is 1. The van der Waals surface area contributed by atoms with Crippen molar-refractivity contribution < 1.29 is 15.0 Å². The molecule has 1 heterocycles. The SMILES string of the molecule is O=C(O)[C@H](Cc1c[nH]c2ccccc12)NCC=Cc1ccc(O)cc1. The molecule has 0 unspecified atom stereocenters. The first-order valence-corrected chi connectivity index (χ1v) is 8.10. The molecule has 2 aromatic carbocycles. The smallest absolute Gasteiger partial charge is 0.321 e. The second-order valence-corrected chi connectivity index (χ2v) is 5.86. The molecule has 0 amide bonds. The van der Waals surface area contributed by atoms with Gasteiger partial charge in [-0.05, 0) is 29.3 Å². The lowest BCUT2D eigenvalue weighted by molar-refractivity contribution is -0.139. The van der Waals surface area contributed by atoms with Crippen molar-refractivity contribution in [1.82, 2.24) is 10.3 Å². The number of carboxylic acid groups (broad SMARTS) is 1. The van der Waals surface area contributed by atoms with Gasteiger partial charge in [-0.25, -0.2) is 0 Å². The zero-order chi connectivity index (χ0) is 17.6. The van der Waals surface area contributed by atoms with Crippen LogP contribution < -0.4 is 5.32 Å². The van der Waals surface area contributed by atoms with Crippen LogP contribution in [0.5, 0.6) is 5.75 Å². The second kappa shape index (κ2) is 7.68. The quantitative estimate of drug-likeness (QED) is 0.534. The molecule has 0 saturated carbocycles. The molecule has 5 nitrogen and oxygen atoms in total. The van der Waals surface area contributed by atoms with Gasteiger partial charge in [0, 0.05) is 30.1 Å². The van der Waals surface area contributed by atoms with E-state index in [9.17, 15) is 15.0 Å². The zero-order valence-electron chi connectivity index (χ0n) is 13.6. The van der Waals surface area contributed by atoms with E-state index in [0.717, 1.165) is 22.0 Å². The maximum absolute atomic E-state index is 11.5. The van der Waals surface area contributed by atoms with Crippen LogP contribution in [0.15, 0.2) is 60.8 Å². The van der Waals surface area contributed by atoms with Crippen molar-refractivity contribution >= 4 is 22.9 Å². The van der Waals surface area contributed by atoms with Gasteiger partial charge in [0.1, 0.15) is 11.8 Å². The number of aromatic amines is 1. The third kappa shape index (κ3) is 4.28. The Balaban J connectivity index is 1.62. The molecule has 3 rings (SSSR count). The highest BCUT2D eigenvalue weighted by Crippen LogP contribution is 2.19. The van der Waals surface area contributed by atoms with E-state index in [-0.39, 0.29) is 5.75 Å². The maximum Gasteiger partial charge on any atom is 0.321 e. The predicted octanol–water partition coefficient (Wildman–Crippen LogP) is 3.17. The molecule has 4 N–H and O–H groups in total. The largest absolute Gasteiger partial charge is 0.508 e. The van der Waals surface area contributed by atoms with E-state index in [2.05, 4.69) is 10.3 Å². The van der Waals surface area contributed by atoms with Gasteiger partial charge < -0.3 is 20.5 Å². The number of fused-ring (bicyclic) bond motifs is 1. The Hall–Kier alpha value is -3.05. The number of rotatable bonds is 7. The maximum atomic E-state index is 11.5. The van der Waals surface area contributed by atoms with Crippen LogP contribution in [0.2, 0.25) is 0 Å².